The Labute approximate surface area is 186 Å². The lowest BCUT2D eigenvalue weighted by Gasteiger charge is -2.31. The molecule has 1 N–H and O–H groups in total. The average Bonchev–Trinajstić information content (AvgIpc) is 3.28. The Morgan fingerprint density at radius 2 is 1.90 bits per heavy atom. The fourth-order valence-corrected chi connectivity index (χ4v) is 3.89. The lowest BCUT2D eigenvalue weighted by molar-refractivity contribution is -0.131. The van der Waals surface area contributed by atoms with E-state index in [1.165, 1.54) is 0 Å². The SMILES string of the molecule is O=C(NCC(=O)N1CCC[C@@H](c2ncc(Cc3ccc(Cl)cc3)o2)C1)c1ccccc1. The molecule has 2 amide bonds. The summed E-state index contributed by atoms with van der Waals surface area (Å²) >= 11 is 5.94. The van der Waals surface area contributed by atoms with E-state index >= 15 is 0 Å². The van der Waals surface area contributed by atoms with E-state index in [-0.39, 0.29) is 24.3 Å². The summed E-state index contributed by atoms with van der Waals surface area (Å²) in [6, 6.07) is 16.5. The van der Waals surface area contributed by atoms with Crippen molar-refractivity contribution in [3.05, 3.63) is 88.6 Å². The van der Waals surface area contributed by atoms with Crippen LogP contribution < -0.4 is 5.32 Å². The van der Waals surface area contributed by atoms with Gasteiger partial charge in [0.25, 0.3) is 5.91 Å². The van der Waals surface area contributed by atoms with Gasteiger partial charge in [0.2, 0.25) is 5.91 Å². The molecule has 1 aliphatic heterocycles. The second kappa shape index (κ2) is 9.79. The predicted octanol–water partition coefficient (Wildman–Crippen LogP) is 4.05. The molecule has 0 aliphatic carbocycles. The Morgan fingerprint density at radius 3 is 2.68 bits per heavy atom. The van der Waals surface area contributed by atoms with Crippen LogP contribution in [0.1, 0.15) is 46.3 Å². The highest BCUT2D eigenvalue weighted by Gasteiger charge is 2.28. The van der Waals surface area contributed by atoms with Gasteiger partial charge in [0, 0.05) is 30.1 Å². The number of nitrogens with one attached hydrogen (secondary N) is 1. The highest BCUT2D eigenvalue weighted by atomic mass is 35.5. The van der Waals surface area contributed by atoms with Crippen molar-refractivity contribution in [2.24, 2.45) is 0 Å². The molecule has 6 nitrogen and oxygen atoms in total. The summed E-state index contributed by atoms with van der Waals surface area (Å²) in [5.41, 5.74) is 1.64. The van der Waals surface area contributed by atoms with E-state index in [4.69, 9.17) is 16.0 Å². The van der Waals surface area contributed by atoms with Crippen molar-refractivity contribution < 1.29 is 14.0 Å². The van der Waals surface area contributed by atoms with Crippen molar-refractivity contribution >= 4 is 23.4 Å². The number of hydrogen-bond donors (Lipinski definition) is 1. The summed E-state index contributed by atoms with van der Waals surface area (Å²) < 4.78 is 5.99. The molecule has 160 valence electrons. The van der Waals surface area contributed by atoms with E-state index in [1.54, 1.807) is 35.4 Å². The molecule has 1 atom stereocenters. The zero-order chi connectivity index (χ0) is 21.6. The second-order valence-electron chi connectivity index (χ2n) is 7.70. The number of benzene rings is 2. The quantitative estimate of drug-likeness (QED) is 0.631. The average molecular weight is 438 g/mol. The summed E-state index contributed by atoms with van der Waals surface area (Å²) in [6.07, 6.45) is 4.19. The van der Waals surface area contributed by atoms with Gasteiger partial charge < -0.3 is 14.6 Å². The van der Waals surface area contributed by atoms with Gasteiger partial charge in [-0.3, -0.25) is 9.59 Å². The zero-order valence-electron chi connectivity index (χ0n) is 17.1. The van der Waals surface area contributed by atoms with Crippen molar-refractivity contribution in [1.29, 1.82) is 0 Å². The Balaban J connectivity index is 1.32. The zero-order valence-corrected chi connectivity index (χ0v) is 17.8. The third-order valence-corrected chi connectivity index (χ3v) is 5.67. The molecule has 0 radical (unpaired) electrons. The van der Waals surface area contributed by atoms with E-state index in [0.717, 1.165) is 24.2 Å². The Morgan fingerprint density at radius 1 is 1.13 bits per heavy atom. The molecule has 2 aromatic carbocycles. The molecular weight excluding hydrogens is 414 g/mol. The molecule has 7 heteroatoms. The molecule has 4 rings (SSSR count). The van der Waals surface area contributed by atoms with Gasteiger partial charge in [-0.2, -0.15) is 0 Å². The number of carbonyl (C=O) groups excluding carboxylic acids is 2. The Kier molecular flexibility index (Phi) is 6.67. The first-order valence-corrected chi connectivity index (χ1v) is 10.8. The molecule has 0 unspecified atom stereocenters. The van der Waals surface area contributed by atoms with E-state index in [2.05, 4.69) is 10.3 Å². The summed E-state index contributed by atoms with van der Waals surface area (Å²) in [7, 11) is 0. The van der Waals surface area contributed by atoms with Crippen molar-refractivity contribution in [3.8, 4) is 0 Å². The molecule has 31 heavy (non-hydrogen) atoms. The Bertz CT molecular complexity index is 1030. The van der Waals surface area contributed by atoms with E-state index in [1.807, 2.05) is 30.3 Å². The first-order chi connectivity index (χ1) is 15.1. The molecule has 1 saturated heterocycles. The van der Waals surface area contributed by atoms with Gasteiger partial charge in [-0.15, -0.1) is 0 Å². The summed E-state index contributed by atoms with van der Waals surface area (Å²) in [6.45, 7) is 1.20. The minimum absolute atomic E-state index is 0.0200. The van der Waals surface area contributed by atoms with Gasteiger partial charge >= 0.3 is 0 Å². The number of likely N-dealkylation sites (tertiary alicyclic amines) is 1. The Hall–Kier alpha value is -3.12. The molecule has 3 aromatic rings. The first-order valence-electron chi connectivity index (χ1n) is 10.4. The smallest absolute Gasteiger partial charge is 0.251 e. The number of aromatic nitrogens is 1. The molecule has 0 saturated carbocycles. The van der Waals surface area contributed by atoms with Crippen LogP contribution >= 0.6 is 11.6 Å². The summed E-state index contributed by atoms with van der Waals surface area (Å²) in [5.74, 6) is 1.16. The molecule has 1 aromatic heterocycles. The number of rotatable bonds is 6. The van der Waals surface area contributed by atoms with E-state index in [0.29, 0.717) is 36.0 Å². The van der Waals surface area contributed by atoms with E-state index < -0.39 is 0 Å². The first kappa shape index (κ1) is 21.1. The lowest BCUT2D eigenvalue weighted by Crippen LogP contribution is -2.44. The van der Waals surface area contributed by atoms with Gasteiger partial charge in [-0.05, 0) is 42.7 Å². The van der Waals surface area contributed by atoms with Crippen LogP contribution in [0, 0.1) is 0 Å². The maximum atomic E-state index is 12.6. The van der Waals surface area contributed by atoms with Crippen LogP contribution in [-0.4, -0.2) is 41.3 Å². The van der Waals surface area contributed by atoms with Crippen molar-refractivity contribution in [3.63, 3.8) is 0 Å². The monoisotopic (exact) mass is 437 g/mol. The van der Waals surface area contributed by atoms with Gasteiger partial charge in [0.05, 0.1) is 18.7 Å². The van der Waals surface area contributed by atoms with Crippen LogP contribution in [0.2, 0.25) is 5.02 Å². The third-order valence-electron chi connectivity index (χ3n) is 5.42. The minimum atomic E-state index is -0.248. The second-order valence-corrected chi connectivity index (χ2v) is 8.13. The molecule has 0 bridgehead atoms. The van der Waals surface area contributed by atoms with Crippen LogP contribution in [0.5, 0.6) is 0 Å². The van der Waals surface area contributed by atoms with Crippen LogP contribution in [0.3, 0.4) is 0 Å². The number of hydrogen-bond acceptors (Lipinski definition) is 4. The topological polar surface area (TPSA) is 75.4 Å². The number of carbonyl (C=O) groups is 2. The molecule has 1 fully saturated rings. The fraction of sp³-hybridized carbons (Fsp3) is 0.292. The fourth-order valence-electron chi connectivity index (χ4n) is 3.76. The summed E-state index contributed by atoms with van der Waals surface area (Å²) in [5, 5.41) is 3.41. The molecule has 0 spiro atoms. The number of oxazole rings is 1. The van der Waals surface area contributed by atoms with Crippen molar-refractivity contribution in [2.45, 2.75) is 25.2 Å². The molecule has 1 aliphatic rings. The van der Waals surface area contributed by atoms with Crippen LogP contribution in [-0.2, 0) is 11.2 Å². The molecular formula is C24H24ClN3O3. The van der Waals surface area contributed by atoms with Crippen LogP contribution in [0.25, 0.3) is 0 Å². The van der Waals surface area contributed by atoms with Crippen LogP contribution in [0.15, 0.2) is 65.2 Å². The van der Waals surface area contributed by atoms with Crippen molar-refractivity contribution in [1.82, 2.24) is 15.2 Å². The highest BCUT2D eigenvalue weighted by Crippen LogP contribution is 2.27. The number of nitrogens with zero attached hydrogens (tertiary/aromatic N) is 2. The highest BCUT2D eigenvalue weighted by molar-refractivity contribution is 6.30. The van der Waals surface area contributed by atoms with Gasteiger partial charge in [-0.1, -0.05) is 41.9 Å². The van der Waals surface area contributed by atoms with Crippen LogP contribution in [0.4, 0.5) is 0 Å². The normalized spacial score (nSPS) is 16.2. The maximum Gasteiger partial charge on any atom is 0.251 e. The van der Waals surface area contributed by atoms with E-state index in [9.17, 15) is 9.59 Å². The number of amides is 2. The van der Waals surface area contributed by atoms with Gasteiger partial charge in [0.1, 0.15) is 5.76 Å². The predicted molar refractivity (Wildman–Crippen MR) is 118 cm³/mol. The largest absolute Gasteiger partial charge is 0.445 e. The third kappa shape index (κ3) is 5.52. The summed E-state index contributed by atoms with van der Waals surface area (Å²) in [4.78, 5) is 31.1. The molecule has 2 heterocycles. The minimum Gasteiger partial charge on any atom is -0.445 e. The number of halogens is 1. The number of piperidine rings is 1. The van der Waals surface area contributed by atoms with Gasteiger partial charge in [0.15, 0.2) is 5.89 Å². The maximum absolute atomic E-state index is 12.6. The standard InChI is InChI=1S/C24H24ClN3O3/c25-20-10-8-17(9-11-20)13-21-14-27-24(31-21)19-7-4-12-28(16-19)22(29)15-26-23(30)18-5-2-1-3-6-18/h1-3,5-6,8-11,14,19H,4,7,12-13,15-16H2,(H,26,30)/t19-/m1/s1. The van der Waals surface area contributed by atoms with Gasteiger partial charge in [-0.25, -0.2) is 4.98 Å². The lowest BCUT2D eigenvalue weighted by atomic mass is 9.98. The van der Waals surface area contributed by atoms with Crippen molar-refractivity contribution in [2.75, 3.05) is 19.6 Å².